The fourth-order valence-electron chi connectivity index (χ4n) is 6.57. The minimum absolute atomic E-state index is 0.0713. The molecule has 1 N–H and O–H groups in total. The Balaban J connectivity index is 1.01. The second kappa shape index (κ2) is 10.6. The van der Waals surface area contributed by atoms with E-state index in [4.69, 9.17) is 0 Å². The van der Waals surface area contributed by atoms with Crippen molar-refractivity contribution in [1.82, 2.24) is 24.7 Å². The molecule has 3 aliphatic rings. The van der Waals surface area contributed by atoms with E-state index in [0.29, 0.717) is 35.3 Å². The smallest absolute Gasteiger partial charge is 0.265 e. The van der Waals surface area contributed by atoms with Gasteiger partial charge in [0, 0.05) is 25.1 Å². The van der Waals surface area contributed by atoms with Crippen LogP contribution in [0.15, 0.2) is 77.9 Å². The summed E-state index contributed by atoms with van der Waals surface area (Å²) in [4.78, 5) is 58.8. The van der Waals surface area contributed by atoms with E-state index in [1.54, 1.807) is 15.8 Å². The number of carbonyl (C=O) groups is 3. The molecule has 1 unspecified atom stereocenters. The van der Waals surface area contributed by atoms with Crippen molar-refractivity contribution in [3.05, 3.63) is 106 Å². The maximum absolute atomic E-state index is 13.3. The van der Waals surface area contributed by atoms with Crippen molar-refractivity contribution in [1.29, 1.82) is 0 Å². The lowest BCUT2D eigenvalue weighted by atomic mass is 9.87. The molecule has 42 heavy (non-hydrogen) atoms. The number of nitrogens with one attached hydrogen (secondary N) is 1. The van der Waals surface area contributed by atoms with E-state index >= 15 is 0 Å². The molecule has 3 amide bonds. The summed E-state index contributed by atoms with van der Waals surface area (Å²) in [6.07, 6.45) is 4.21. The predicted molar refractivity (Wildman–Crippen MR) is 157 cm³/mol. The molecule has 9 heteroatoms. The highest BCUT2D eigenvalue weighted by molar-refractivity contribution is 6.05. The second-order valence-corrected chi connectivity index (χ2v) is 11.5. The summed E-state index contributed by atoms with van der Waals surface area (Å²) >= 11 is 0. The van der Waals surface area contributed by atoms with Gasteiger partial charge in [-0.25, -0.2) is 4.98 Å². The van der Waals surface area contributed by atoms with Crippen LogP contribution in [0.3, 0.4) is 0 Å². The minimum Gasteiger partial charge on any atom is -0.322 e. The third-order valence-electron chi connectivity index (χ3n) is 8.87. The quantitative estimate of drug-likeness (QED) is 0.374. The van der Waals surface area contributed by atoms with Crippen molar-refractivity contribution in [3.63, 3.8) is 0 Å². The number of imide groups is 1. The molecule has 4 aromatic rings. The summed E-state index contributed by atoms with van der Waals surface area (Å²) in [6, 6.07) is 21.0. The van der Waals surface area contributed by atoms with Crippen LogP contribution in [0, 0.1) is 0 Å². The molecule has 0 spiro atoms. The number of hydrogen-bond acceptors (Lipinski definition) is 6. The van der Waals surface area contributed by atoms with Gasteiger partial charge in [0.25, 0.3) is 11.5 Å². The van der Waals surface area contributed by atoms with Gasteiger partial charge in [0.1, 0.15) is 12.4 Å². The van der Waals surface area contributed by atoms with Gasteiger partial charge >= 0.3 is 0 Å². The molecule has 212 valence electrons. The van der Waals surface area contributed by atoms with Gasteiger partial charge in [-0.05, 0) is 85.3 Å². The minimum atomic E-state index is -0.596. The molecule has 7 rings (SSSR count). The first-order valence-corrected chi connectivity index (χ1v) is 14.5. The highest BCUT2D eigenvalue weighted by atomic mass is 16.2. The van der Waals surface area contributed by atoms with E-state index < -0.39 is 6.04 Å². The third-order valence-corrected chi connectivity index (χ3v) is 8.87. The normalized spacial score (nSPS) is 19.8. The highest BCUT2D eigenvalue weighted by Crippen LogP contribution is 2.34. The number of amides is 3. The van der Waals surface area contributed by atoms with Gasteiger partial charge in [-0.2, -0.15) is 0 Å². The zero-order valence-electron chi connectivity index (χ0n) is 23.2. The summed E-state index contributed by atoms with van der Waals surface area (Å²) in [5.74, 6) is -0.408. The van der Waals surface area contributed by atoms with Gasteiger partial charge in [0.05, 0.1) is 16.6 Å². The highest BCUT2D eigenvalue weighted by Gasteiger charge is 2.39. The van der Waals surface area contributed by atoms with Crippen LogP contribution in [0.2, 0.25) is 0 Å². The Morgan fingerprint density at radius 1 is 0.881 bits per heavy atom. The Kier molecular flexibility index (Phi) is 6.66. The molecule has 0 saturated carbocycles. The van der Waals surface area contributed by atoms with Crippen LogP contribution in [0.5, 0.6) is 0 Å². The number of fused-ring (bicyclic) bond motifs is 2. The van der Waals surface area contributed by atoms with Gasteiger partial charge in [0.2, 0.25) is 11.8 Å². The Bertz CT molecular complexity index is 1770. The number of benzene rings is 3. The molecular formula is C33H31N5O4. The van der Waals surface area contributed by atoms with Crippen LogP contribution in [0.1, 0.15) is 58.6 Å². The molecule has 0 radical (unpaired) electrons. The topological polar surface area (TPSA) is 105 Å². The van der Waals surface area contributed by atoms with Gasteiger partial charge in [0.15, 0.2) is 0 Å². The number of rotatable bonds is 5. The molecule has 0 bridgehead atoms. The molecule has 9 nitrogen and oxygen atoms in total. The molecule has 1 atom stereocenters. The van der Waals surface area contributed by atoms with E-state index in [9.17, 15) is 19.2 Å². The number of para-hydroxylation sites is 1. The predicted octanol–water partition coefficient (Wildman–Crippen LogP) is 3.53. The number of aromatic nitrogens is 2. The van der Waals surface area contributed by atoms with Gasteiger partial charge < -0.3 is 4.90 Å². The standard InChI is InChI=1S/C33H31N5O4/c39-30-11-10-29(31(40)35-30)37-19-24-17-23(7-8-26(24)32(37)41)22-12-14-36(15-13-22)18-21-6-9-28-27(16-21)33(42)38(20-34-28)25-4-2-1-3-5-25/h1-9,16-17,20,22,29H,10-15,18-19H2,(H,35,39,40). The Morgan fingerprint density at radius 3 is 2.48 bits per heavy atom. The van der Waals surface area contributed by atoms with Crippen molar-refractivity contribution < 1.29 is 14.4 Å². The number of likely N-dealkylation sites (tertiary alicyclic amines) is 1. The third kappa shape index (κ3) is 4.79. The Hall–Kier alpha value is -4.63. The maximum Gasteiger partial charge on any atom is 0.265 e. The first kappa shape index (κ1) is 26.3. The van der Waals surface area contributed by atoms with Crippen LogP contribution in [0.25, 0.3) is 16.6 Å². The Labute approximate surface area is 242 Å². The van der Waals surface area contributed by atoms with Crippen LogP contribution in [0.4, 0.5) is 0 Å². The Morgan fingerprint density at radius 2 is 1.69 bits per heavy atom. The van der Waals surface area contributed by atoms with Crippen molar-refractivity contribution in [2.75, 3.05) is 13.1 Å². The van der Waals surface area contributed by atoms with Crippen molar-refractivity contribution in [2.24, 2.45) is 0 Å². The summed E-state index contributed by atoms with van der Waals surface area (Å²) in [5, 5.41) is 2.98. The SMILES string of the molecule is O=C1CCC(N2Cc3cc(C4CCN(Cc5ccc6ncn(-c7ccccc7)c(=O)c6c5)CC4)ccc3C2=O)C(=O)N1. The van der Waals surface area contributed by atoms with Crippen molar-refractivity contribution >= 4 is 28.6 Å². The van der Waals surface area contributed by atoms with E-state index in [0.717, 1.165) is 49.3 Å². The number of piperidine rings is 2. The lowest BCUT2D eigenvalue weighted by molar-refractivity contribution is -0.136. The molecule has 2 fully saturated rings. The van der Waals surface area contributed by atoms with Crippen LogP contribution in [-0.4, -0.2) is 56.2 Å². The van der Waals surface area contributed by atoms with E-state index in [2.05, 4.69) is 33.4 Å². The average Bonchev–Trinajstić information content (AvgIpc) is 3.33. The molecule has 0 aliphatic carbocycles. The fourth-order valence-corrected chi connectivity index (χ4v) is 6.57. The largest absolute Gasteiger partial charge is 0.322 e. The van der Waals surface area contributed by atoms with Crippen molar-refractivity contribution in [2.45, 2.75) is 50.7 Å². The zero-order valence-corrected chi connectivity index (χ0v) is 23.2. The first-order chi connectivity index (χ1) is 20.4. The average molecular weight is 562 g/mol. The molecule has 3 aliphatic heterocycles. The zero-order chi connectivity index (χ0) is 28.8. The lowest BCUT2D eigenvalue weighted by Gasteiger charge is -2.32. The van der Waals surface area contributed by atoms with Gasteiger partial charge in [-0.3, -0.25) is 34.0 Å². The fraction of sp³-hybridized carbons (Fsp3) is 0.303. The van der Waals surface area contributed by atoms with Crippen LogP contribution < -0.4 is 10.9 Å². The molecule has 1 aromatic heterocycles. The van der Waals surface area contributed by atoms with E-state index in [1.807, 2.05) is 48.5 Å². The molecule has 2 saturated heterocycles. The summed E-state index contributed by atoms with van der Waals surface area (Å²) in [6.45, 7) is 3.03. The van der Waals surface area contributed by atoms with Crippen LogP contribution in [-0.2, 0) is 22.7 Å². The van der Waals surface area contributed by atoms with Crippen LogP contribution >= 0.6 is 0 Å². The van der Waals surface area contributed by atoms with E-state index in [-0.39, 0.29) is 29.7 Å². The first-order valence-electron chi connectivity index (χ1n) is 14.5. The second-order valence-electron chi connectivity index (χ2n) is 11.5. The molecule has 4 heterocycles. The summed E-state index contributed by atoms with van der Waals surface area (Å²) in [7, 11) is 0. The number of carbonyl (C=O) groups excluding carboxylic acids is 3. The lowest BCUT2D eigenvalue weighted by Crippen LogP contribution is -2.52. The summed E-state index contributed by atoms with van der Waals surface area (Å²) in [5.41, 5.74) is 5.34. The monoisotopic (exact) mass is 561 g/mol. The molecule has 3 aromatic carbocycles. The maximum atomic E-state index is 13.3. The summed E-state index contributed by atoms with van der Waals surface area (Å²) < 4.78 is 1.59. The van der Waals surface area contributed by atoms with Gasteiger partial charge in [-0.15, -0.1) is 0 Å². The van der Waals surface area contributed by atoms with E-state index in [1.165, 1.54) is 5.56 Å². The molecular weight excluding hydrogens is 530 g/mol. The number of nitrogens with zero attached hydrogens (tertiary/aromatic N) is 4. The number of hydrogen-bond donors (Lipinski definition) is 1. The van der Waals surface area contributed by atoms with Crippen molar-refractivity contribution in [3.8, 4) is 5.69 Å². The van der Waals surface area contributed by atoms with Gasteiger partial charge in [-0.1, -0.05) is 36.4 Å².